The number of fused-ring (bicyclic) bond motifs is 1. The number of benzene rings is 2. The zero-order valence-electron chi connectivity index (χ0n) is 18.8. The van der Waals surface area contributed by atoms with Crippen molar-refractivity contribution in [3.05, 3.63) is 53.5 Å². The number of methoxy groups -OCH3 is 1. The van der Waals surface area contributed by atoms with Gasteiger partial charge >= 0.3 is 0 Å². The topological polar surface area (TPSA) is 64.8 Å². The number of aromatic nitrogens is 1. The first kappa shape index (κ1) is 22.3. The lowest BCUT2D eigenvalue weighted by Gasteiger charge is -2.32. The van der Waals surface area contributed by atoms with Gasteiger partial charge in [-0.25, -0.2) is 4.39 Å². The van der Waals surface area contributed by atoms with Gasteiger partial charge < -0.3 is 18.9 Å². The first-order valence-corrected chi connectivity index (χ1v) is 11.0. The van der Waals surface area contributed by atoms with E-state index in [0.29, 0.717) is 41.1 Å². The monoisotopic (exact) mass is 440 g/mol. The Morgan fingerprint density at radius 3 is 2.72 bits per heavy atom. The molecule has 0 saturated carbocycles. The molecule has 1 aliphatic rings. The van der Waals surface area contributed by atoms with Gasteiger partial charge in [0, 0.05) is 35.4 Å². The number of nitrogens with zero attached hydrogens (tertiary/aromatic N) is 2. The summed E-state index contributed by atoms with van der Waals surface area (Å²) in [5, 5.41) is 5.14. The highest BCUT2D eigenvalue weighted by Crippen LogP contribution is 2.33. The Labute approximate surface area is 187 Å². The fourth-order valence-corrected chi connectivity index (χ4v) is 4.35. The molecule has 1 atom stereocenters. The molecule has 1 saturated heterocycles. The third-order valence-electron chi connectivity index (χ3n) is 6.10. The van der Waals surface area contributed by atoms with Crippen LogP contribution in [0.5, 0.6) is 11.5 Å². The van der Waals surface area contributed by atoms with E-state index in [-0.39, 0.29) is 11.6 Å². The van der Waals surface area contributed by atoms with Gasteiger partial charge in [0.2, 0.25) is 0 Å². The number of carbonyl (C=O) groups is 1. The van der Waals surface area contributed by atoms with E-state index in [4.69, 9.17) is 14.0 Å². The number of rotatable bonds is 8. The summed E-state index contributed by atoms with van der Waals surface area (Å²) < 4.78 is 30.1. The summed E-state index contributed by atoms with van der Waals surface area (Å²) in [6.45, 7) is 7.15. The second-order valence-electron chi connectivity index (χ2n) is 8.62. The largest absolute Gasteiger partial charge is 0.493 e. The lowest BCUT2D eigenvalue weighted by Crippen LogP contribution is -2.37. The number of ether oxygens (including phenoxy) is 2. The first-order valence-electron chi connectivity index (χ1n) is 11.0. The molecular weight excluding hydrogens is 411 g/mol. The number of halogens is 1. The molecule has 0 bridgehead atoms. The highest BCUT2D eigenvalue weighted by Gasteiger charge is 2.26. The summed E-state index contributed by atoms with van der Waals surface area (Å²) >= 11 is 0. The molecule has 32 heavy (non-hydrogen) atoms. The third-order valence-corrected chi connectivity index (χ3v) is 6.10. The van der Waals surface area contributed by atoms with Crippen molar-refractivity contribution < 1.29 is 23.2 Å². The first-order chi connectivity index (χ1) is 15.4. The Hall–Kier alpha value is -2.93. The zero-order chi connectivity index (χ0) is 22.7. The van der Waals surface area contributed by atoms with Crippen molar-refractivity contribution >= 4 is 16.8 Å². The van der Waals surface area contributed by atoms with Crippen molar-refractivity contribution in [1.29, 1.82) is 0 Å². The van der Waals surface area contributed by atoms with E-state index in [1.54, 1.807) is 31.4 Å². The fourth-order valence-electron chi connectivity index (χ4n) is 4.35. The SMILES string of the molecule is COc1cc(C(C)=O)ccc1OC[C@@H](C)CN1CCC(c2noc3cc(F)ccc23)CC1. The van der Waals surface area contributed by atoms with E-state index in [0.717, 1.165) is 43.6 Å². The van der Waals surface area contributed by atoms with Crippen molar-refractivity contribution in [2.75, 3.05) is 33.4 Å². The van der Waals surface area contributed by atoms with Gasteiger partial charge in [0.25, 0.3) is 0 Å². The van der Waals surface area contributed by atoms with E-state index in [1.165, 1.54) is 19.1 Å². The van der Waals surface area contributed by atoms with Crippen LogP contribution in [0.4, 0.5) is 4.39 Å². The van der Waals surface area contributed by atoms with E-state index in [2.05, 4.69) is 17.0 Å². The second-order valence-corrected chi connectivity index (χ2v) is 8.62. The number of carbonyl (C=O) groups excluding carboxylic acids is 1. The van der Waals surface area contributed by atoms with Crippen LogP contribution in [0.2, 0.25) is 0 Å². The molecule has 6 nitrogen and oxygen atoms in total. The van der Waals surface area contributed by atoms with Gasteiger partial charge in [-0.2, -0.15) is 0 Å². The van der Waals surface area contributed by atoms with Gasteiger partial charge in [-0.3, -0.25) is 4.79 Å². The Morgan fingerprint density at radius 1 is 1.22 bits per heavy atom. The van der Waals surface area contributed by atoms with Gasteiger partial charge in [-0.1, -0.05) is 12.1 Å². The van der Waals surface area contributed by atoms with Gasteiger partial charge in [0.15, 0.2) is 22.9 Å². The molecule has 2 aromatic carbocycles. The summed E-state index contributed by atoms with van der Waals surface area (Å²) in [6, 6.07) is 9.89. The molecule has 4 rings (SSSR count). The Kier molecular flexibility index (Phi) is 6.74. The van der Waals surface area contributed by atoms with Crippen LogP contribution < -0.4 is 9.47 Å². The number of hydrogen-bond acceptors (Lipinski definition) is 6. The van der Waals surface area contributed by atoms with Crippen LogP contribution in [-0.2, 0) is 0 Å². The number of hydrogen-bond donors (Lipinski definition) is 0. The van der Waals surface area contributed by atoms with Crippen LogP contribution in [0.1, 0.15) is 48.7 Å². The summed E-state index contributed by atoms with van der Waals surface area (Å²) in [5.41, 5.74) is 2.06. The third kappa shape index (κ3) is 4.93. The maximum atomic E-state index is 13.4. The van der Waals surface area contributed by atoms with Crippen molar-refractivity contribution in [1.82, 2.24) is 10.1 Å². The fraction of sp³-hybridized carbons (Fsp3) is 0.440. The average molecular weight is 441 g/mol. The minimum absolute atomic E-state index is 0.00241. The van der Waals surface area contributed by atoms with Crippen LogP contribution in [-0.4, -0.2) is 49.2 Å². The van der Waals surface area contributed by atoms with Crippen LogP contribution in [0, 0.1) is 11.7 Å². The van der Waals surface area contributed by atoms with Crippen LogP contribution >= 0.6 is 0 Å². The molecular formula is C25H29FN2O4. The highest BCUT2D eigenvalue weighted by atomic mass is 19.1. The van der Waals surface area contributed by atoms with Crippen molar-refractivity contribution in [2.45, 2.75) is 32.6 Å². The van der Waals surface area contributed by atoms with Crippen molar-refractivity contribution in [3.63, 3.8) is 0 Å². The lowest BCUT2D eigenvalue weighted by molar-refractivity contribution is 0.101. The highest BCUT2D eigenvalue weighted by molar-refractivity contribution is 5.94. The molecule has 0 unspecified atom stereocenters. The number of piperidine rings is 1. The molecule has 2 heterocycles. The van der Waals surface area contributed by atoms with Gasteiger partial charge in [0.1, 0.15) is 5.82 Å². The smallest absolute Gasteiger partial charge is 0.170 e. The number of ketones is 1. The van der Waals surface area contributed by atoms with Crippen LogP contribution in [0.3, 0.4) is 0 Å². The minimum atomic E-state index is -0.307. The zero-order valence-corrected chi connectivity index (χ0v) is 18.8. The second kappa shape index (κ2) is 9.69. The standard InChI is InChI=1S/C25H29FN2O4/c1-16(15-31-22-7-4-19(17(2)29)12-24(22)30-3)14-28-10-8-18(9-11-28)25-21-6-5-20(26)13-23(21)32-27-25/h4-7,12-13,16,18H,8-11,14-15H2,1-3H3/t16-/m0/s1. The van der Waals surface area contributed by atoms with E-state index >= 15 is 0 Å². The van der Waals surface area contributed by atoms with Crippen molar-refractivity contribution in [3.8, 4) is 11.5 Å². The average Bonchev–Trinajstić information content (AvgIpc) is 3.21. The molecule has 0 N–H and O–H groups in total. The summed E-state index contributed by atoms with van der Waals surface area (Å²) in [4.78, 5) is 14.0. The van der Waals surface area contributed by atoms with Crippen LogP contribution in [0.15, 0.2) is 40.9 Å². The van der Waals surface area contributed by atoms with Gasteiger partial charge in [-0.05, 0) is 63.2 Å². The molecule has 0 radical (unpaired) electrons. The quantitative estimate of drug-likeness (QED) is 0.456. The molecule has 3 aromatic rings. The predicted octanol–water partition coefficient (Wildman–Crippen LogP) is 5.07. The molecule has 1 fully saturated rings. The molecule has 170 valence electrons. The van der Waals surface area contributed by atoms with Gasteiger partial charge in [-0.15, -0.1) is 0 Å². The predicted molar refractivity (Wildman–Crippen MR) is 120 cm³/mol. The maximum Gasteiger partial charge on any atom is 0.170 e. The minimum Gasteiger partial charge on any atom is -0.493 e. The molecule has 0 spiro atoms. The molecule has 0 aliphatic carbocycles. The van der Waals surface area contributed by atoms with E-state index < -0.39 is 0 Å². The van der Waals surface area contributed by atoms with E-state index in [9.17, 15) is 9.18 Å². The molecule has 1 aromatic heterocycles. The van der Waals surface area contributed by atoms with Crippen LogP contribution in [0.25, 0.3) is 11.0 Å². The van der Waals surface area contributed by atoms with Crippen molar-refractivity contribution in [2.24, 2.45) is 5.92 Å². The molecule has 1 aliphatic heterocycles. The maximum absolute atomic E-state index is 13.4. The lowest BCUT2D eigenvalue weighted by atomic mass is 9.91. The van der Waals surface area contributed by atoms with E-state index in [1.807, 2.05) is 0 Å². The normalized spacial score (nSPS) is 16.2. The Balaban J connectivity index is 1.28. The Morgan fingerprint density at radius 2 is 2.00 bits per heavy atom. The number of likely N-dealkylation sites (tertiary alicyclic amines) is 1. The molecule has 0 amide bonds. The van der Waals surface area contributed by atoms with Gasteiger partial charge in [0.05, 0.1) is 19.4 Å². The summed E-state index contributed by atoms with van der Waals surface area (Å²) in [5.74, 6) is 1.58. The summed E-state index contributed by atoms with van der Waals surface area (Å²) in [6.07, 6.45) is 1.99. The Bertz CT molecular complexity index is 1090. The summed E-state index contributed by atoms with van der Waals surface area (Å²) in [7, 11) is 1.58. The number of Topliss-reactive ketones (excluding diaryl/α,β-unsaturated/α-hetero) is 1. The molecule has 7 heteroatoms.